The molecule has 1 saturated carbocycles. The van der Waals surface area contributed by atoms with Gasteiger partial charge in [0, 0.05) is 44.5 Å². The molecule has 1 aliphatic rings. The highest BCUT2D eigenvalue weighted by Gasteiger charge is 2.38. The van der Waals surface area contributed by atoms with E-state index in [0.717, 1.165) is 25.8 Å². The Morgan fingerprint density at radius 2 is 2.42 bits per heavy atom. The average Bonchev–Trinajstić information content (AvgIpc) is 2.84. The van der Waals surface area contributed by atoms with Crippen molar-refractivity contribution in [1.82, 2.24) is 14.7 Å². The molecule has 5 heteroatoms. The maximum absolute atomic E-state index is 6.10. The molecule has 1 heterocycles. The van der Waals surface area contributed by atoms with Gasteiger partial charge in [-0.25, -0.2) is 0 Å². The molecule has 19 heavy (non-hydrogen) atoms. The van der Waals surface area contributed by atoms with Crippen molar-refractivity contribution >= 4 is 0 Å². The molecule has 1 aromatic rings. The first kappa shape index (κ1) is 14.5. The van der Waals surface area contributed by atoms with E-state index in [-0.39, 0.29) is 5.54 Å². The molecule has 2 unspecified atom stereocenters. The van der Waals surface area contributed by atoms with E-state index in [2.05, 4.69) is 23.2 Å². The Labute approximate surface area is 115 Å². The van der Waals surface area contributed by atoms with Crippen molar-refractivity contribution in [2.24, 2.45) is 12.8 Å². The predicted molar refractivity (Wildman–Crippen MR) is 75.7 cm³/mol. The maximum atomic E-state index is 6.10. The summed E-state index contributed by atoms with van der Waals surface area (Å²) in [5.41, 5.74) is 7.39. The molecule has 1 fully saturated rings. The van der Waals surface area contributed by atoms with Gasteiger partial charge in [0.05, 0.1) is 12.3 Å². The summed E-state index contributed by atoms with van der Waals surface area (Å²) in [6.07, 6.45) is 8.85. The summed E-state index contributed by atoms with van der Waals surface area (Å²) in [6.45, 7) is 1.57. The number of nitrogens with two attached hydrogens (primary N) is 1. The number of hydrogen-bond donors (Lipinski definition) is 1. The second kappa shape index (κ2) is 6.03. The van der Waals surface area contributed by atoms with Gasteiger partial charge in [0.25, 0.3) is 0 Å². The summed E-state index contributed by atoms with van der Waals surface area (Å²) >= 11 is 0. The summed E-state index contributed by atoms with van der Waals surface area (Å²) < 4.78 is 7.40. The van der Waals surface area contributed by atoms with Crippen LogP contribution in [-0.2, 0) is 18.3 Å². The van der Waals surface area contributed by atoms with Crippen molar-refractivity contribution in [3.8, 4) is 0 Å². The number of ether oxygens (including phenoxy) is 1. The normalized spacial score (nSPS) is 27.9. The van der Waals surface area contributed by atoms with Gasteiger partial charge < -0.3 is 10.5 Å². The van der Waals surface area contributed by atoms with Gasteiger partial charge in [-0.3, -0.25) is 9.58 Å². The quantitative estimate of drug-likeness (QED) is 0.868. The number of aryl methyl sites for hydroxylation is 1. The Bertz CT molecular complexity index is 406. The van der Waals surface area contributed by atoms with E-state index in [9.17, 15) is 0 Å². The van der Waals surface area contributed by atoms with Crippen molar-refractivity contribution in [2.75, 3.05) is 20.7 Å². The molecule has 108 valence electrons. The lowest BCUT2D eigenvalue weighted by molar-refractivity contribution is -0.0149. The number of aromatic nitrogens is 2. The molecule has 5 nitrogen and oxygen atoms in total. The van der Waals surface area contributed by atoms with E-state index in [1.165, 1.54) is 12.0 Å². The minimum absolute atomic E-state index is 0.0643. The zero-order valence-corrected chi connectivity index (χ0v) is 12.3. The molecule has 1 aromatic heterocycles. The summed E-state index contributed by atoms with van der Waals surface area (Å²) in [6, 6.07) is 0. The fourth-order valence-electron chi connectivity index (χ4n) is 3.17. The Kier molecular flexibility index (Phi) is 4.60. The number of hydrogen-bond acceptors (Lipinski definition) is 4. The van der Waals surface area contributed by atoms with Crippen molar-refractivity contribution in [1.29, 1.82) is 0 Å². The Morgan fingerprint density at radius 3 is 3.00 bits per heavy atom. The van der Waals surface area contributed by atoms with E-state index in [1.807, 2.05) is 17.9 Å². The standard InChI is InChI=1S/C14H26N4O/c1-17(9-12-8-16-18(2)10-12)14(11-15)6-4-5-13(7-14)19-3/h8,10,13H,4-7,9,11,15H2,1-3H3. The van der Waals surface area contributed by atoms with Crippen molar-refractivity contribution in [2.45, 2.75) is 43.9 Å². The predicted octanol–water partition coefficient (Wildman–Crippen LogP) is 1.14. The summed E-state index contributed by atoms with van der Waals surface area (Å²) in [5.74, 6) is 0. The van der Waals surface area contributed by atoms with E-state index in [1.54, 1.807) is 7.11 Å². The highest BCUT2D eigenvalue weighted by atomic mass is 16.5. The molecule has 0 aliphatic heterocycles. The number of nitrogens with zero attached hydrogens (tertiary/aromatic N) is 3. The second-order valence-electron chi connectivity index (χ2n) is 5.76. The lowest BCUT2D eigenvalue weighted by atomic mass is 9.78. The molecule has 2 N–H and O–H groups in total. The van der Waals surface area contributed by atoms with Crippen LogP contribution in [0.1, 0.15) is 31.2 Å². The van der Waals surface area contributed by atoms with E-state index >= 15 is 0 Å². The Hall–Kier alpha value is -0.910. The highest BCUT2D eigenvalue weighted by Crippen LogP contribution is 2.34. The number of rotatable bonds is 5. The third-order valence-corrected chi connectivity index (χ3v) is 4.48. The minimum atomic E-state index is 0.0643. The van der Waals surface area contributed by atoms with Crippen LogP contribution in [0.25, 0.3) is 0 Å². The van der Waals surface area contributed by atoms with Gasteiger partial charge in [0.1, 0.15) is 0 Å². The molecule has 2 atom stereocenters. The highest BCUT2D eigenvalue weighted by molar-refractivity contribution is 5.06. The molecule has 0 radical (unpaired) electrons. The number of likely N-dealkylation sites (N-methyl/N-ethyl adjacent to an activating group) is 1. The van der Waals surface area contributed by atoms with Gasteiger partial charge in [-0.15, -0.1) is 0 Å². The Balaban J connectivity index is 2.07. The van der Waals surface area contributed by atoms with Gasteiger partial charge in [-0.05, 0) is 32.7 Å². The lowest BCUT2D eigenvalue weighted by Crippen LogP contribution is -2.55. The van der Waals surface area contributed by atoms with Gasteiger partial charge in [0.15, 0.2) is 0 Å². The topological polar surface area (TPSA) is 56.3 Å². The van der Waals surface area contributed by atoms with Gasteiger partial charge >= 0.3 is 0 Å². The van der Waals surface area contributed by atoms with E-state index < -0.39 is 0 Å². The molecule has 0 spiro atoms. The van der Waals surface area contributed by atoms with Gasteiger partial charge in [-0.1, -0.05) is 0 Å². The van der Waals surface area contributed by atoms with Crippen LogP contribution in [0.4, 0.5) is 0 Å². The fourth-order valence-corrected chi connectivity index (χ4v) is 3.17. The van der Waals surface area contributed by atoms with Crippen LogP contribution >= 0.6 is 0 Å². The first-order valence-electron chi connectivity index (χ1n) is 7.01. The molecule has 0 aromatic carbocycles. The molecule has 0 bridgehead atoms. The fraction of sp³-hybridized carbons (Fsp3) is 0.786. The second-order valence-corrected chi connectivity index (χ2v) is 5.76. The molecular formula is C14H26N4O. The van der Waals surface area contributed by atoms with Crippen LogP contribution in [0.3, 0.4) is 0 Å². The molecule has 1 aliphatic carbocycles. The zero-order chi connectivity index (χ0) is 13.9. The van der Waals surface area contributed by atoms with Crippen molar-refractivity contribution in [3.63, 3.8) is 0 Å². The van der Waals surface area contributed by atoms with Crippen molar-refractivity contribution < 1.29 is 4.74 Å². The summed E-state index contributed by atoms with van der Waals surface area (Å²) in [4.78, 5) is 2.38. The van der Waals surface area contributed by atoms with Crippen LogP contribution in [0.2, 0.25) is 0 Å². The first-order chi connectivity index (χ1) is 9.09. The van der Waals surface area contributed by atoms with E-state index in [0.29, 0.717) is 12.6 Å². The zero-order valence-electron chi connectivity index (χ0n) is 12.3. The van der Waals surface area contributed by atoms with Gasteiger partial charge in [0.2, 0.25) is 0 Å². The molecular weight excluding hydrogens is 240 g/mol. The lowest BCUT2D eigenvalue weighted by Gasteiger charge is -2.46. The number of methoxy groups -OCH3 is 1. The monoisotopic (exact) mass is 266 g/mol. The average molecular weight is 266 g/mol. The summed E-state index contributed by atoms with van der Waals surface area (Å²) in [7, 11) is 5.92. The third kappa shape index (κ3) is 3.16. The first-order valence-corrected chi connectivity index (χ1v) is 7.01. The molecule has 0 saturated heterocycles. The molecule has 0 amide bonds. The smallest absolute Gasteiger partial charge is 0.0589 e. The van der Waals surface area contributed by atoms with E-state index in [4.69, 9.17) is 10.5 Å². The van der Waals surface area contributed by atoms with Crippen LogP contribution < -0.4 is 5.73 Å². The van der Waals surface area contributed by atoms with Crippen LogP contribution in [0.15, 0.2) is 12.4 Å². The van der Waals surface area contributed by atoms with Crippen molar-refractivity contribution in [3.05, 3.63) is 18.0 Å². The molecule has 2 rings (SSSR count). The van der Waals surface area contributed by atoms with Gasteiger partial charge in [-0.2, -0.15) is 5.10 Å². The van der Waals surface area contributed by atoms with Crippen LogP contribution in [0.5, 0.6) is 0 Å². The SMILES string of the molecule is COC1CCCC(CN)(N(C)Cc2cnn(C)c2)C1. The van der Waals surface area contributed by atoms with Crippen LogP contribution in [0, 0.1) is 0 Å². The van der Waals surface area contributed by atoms with Crippen LogP contribution in [-0.4, -0.2) is 47.0 Å². The largest absolute Gasteiger partial charge is 0.381 e. The minimum Gasteiger partial charge on any atom is -0.381 e. The Morgan fingerprint density at radius 1 is 1.63 bits per heavy atom. The third-order valence-electron chi connectivity index (χ3n) is 4.48. The summed E-state index contributed by atoms with van der Waals surface area (Å²) in [5, 5.41) is 4.23. The maximum Gasteiger partial charge on any atom is 0.0589 e.